The number of carboxylic acid groups (broad SMARTS) is 1. The lowest BCUT2D eigenvalue weighted by atomic mass is 9.99. The van der Waals surface area contributed by atoms with Gasteiger partial charge in [0.05, 0.1) is 6.10 Å². The lowest BCUT2D eigenvalue weighted by molar-refractivity contribution is -0.149. The van der Waals surface area contributed by atoms with Crippen molar-refractivity contribution in [3.8, 4) is 0 Å². The second-order valence-electron chi connectivity index (χ2n) is 5.24. The number of hydrogen-bond acceptors (Lipinski definition) is 3. The Labute approximate surface area is 110 Å². The zero-order valence-corrected chi connectivity index (χ0v) is 11.7. The highest BCUT2D eigenvalue weighted by Crippen LogP contribution is 2.19. The number of nitrogens with one attached hydrogen (secondary N) is 1. The predicted octanol–water partition coefficient (Wildman–Crippen LogP) is 2.42. The Bertz CT molecular complexity index is 245. The first-order chi connectivity index (χ1) is 8.67. The van der Waals surface area contributed by atoms with E-state index in [0.29, 0.717) is 6.42 Å². The van der Waals surface area contributed by atoms with Crippen LogP contribution in [0.4, 0.5) is 0 Å². The summed E-state index contributed by atoms with van der Waals surface area (Å²) in [7, 11) is 0. The molecule has 0 aromatic heterocycles. The largest absolute Gasteiger partial charge is 0.479 e. The molecule has 3 atom stereocenters. The van der Waals surface area contributed by atoms with Crippen LogP contribution in [0.15, 0.2) is 0 Å². The molecule has 0 aliphatic carbocycles. The van der Waals surface area contributed by atoms with Gasteiger partial charge in [-0.25, -0.2) is 4.79 Å². The SMILES string of the molecule is CCCCC(CC)CNCC1CCC(C(=O)O)O1. The maximum Gasteiger partial charge on any atom is 0.332 e. The van der Waals surface area contributed by atoms with Gasteiger partial charge in [-0.15, -0.1) is 0 Å². The molecule has 1 rings (SSSR count). The molecule has 1 aliphatic heterocycles. The van der Waals surface area contributed by atoms with Crippen LogP contribution in [0.2, 0.25) is 0 Å². The van der Waals surface area contributed by atoms with Crippen LogP contribution in [0.5, 0.6) is 0 Å². The van der Waals surface area contributed by atoms with Gasteiger partial charge in [-0.3, -0.25) is 0 Å². The summed E-state index contributed by atoms with van der Waals surface area (Å²) in [6.07, 6.45) is 6.03. The smallest absolute Gasteiger partial charge is 0.332 e. The molecule has 2 N–H and O–H groups in total. The first kappa shape index (κ1) is 15.4. The van der Waals surface area contributed by atoms with Crippen LogP contribution in [0.25, 0.3) is 0 Å². The van der Waals surface area contributed by atoms with Gasteiger partial charge in [0.15, 0.2) is 6.10 Å². The van der Waals surface area contributed by atoms with E-state index in [9.17, 15) is 4.79 Å². The molecule has 0 radical (unpaired) electrons. The van der Waals surface area contributed by atoms with Gasteiger partial charge in [0.2, 0.25) is 0 Å². The van der Waals surface area contributed by atoms with Gasteiger partial charge < -0.3 is 15.2 Å². The molecule has 4 nitrogen and oxygen atoms in total. The summed E-state index contributed by atoms with van der Waals surface area (Å²) in [5.41, 5.74) is 0. The van der Waals surface area contributed by atoms with Crippen molar-refractivity contribution in [1.29, 1.82) is 0 Å². The third-order valence-corrected chi connectivity index (χ3v) is 3.73. The molecule has 1 fully saturated rings. The molecule has 18 heavy (non-hydrogen) atoms. The number of carbonyl (C=O) groups is 1. The number of hydrogen-bond donors (Lipinski definition) is 2. The van der Waals surface area contributed by atoms with Gasteiger partial charge in [-0.2, -0.15) is 0 Å². The zero-order valence-electron chi connectivity index (χ0n) is 11.7. The average Bonchev–Trinajstić information content (AvgIpc) is 2.82. The summed E-state index contributed by atoms with van der Waals surface area (Å²) >= 11 is 0. The molecule has 1 saturated heterocycles. The Kier molecular flexibility index (Phi) is 7.28. The standard InChI is InChI=1S/C14H27NO3/c1-3-5-6-11(4-2)9-15-10-12-7-8-13(18-12)14(16)17/h11-13,15H,3-10H2,1-2H3,(H,16,17). The first-order valence-corrected chi connectivity index (χ1v) is 7.26. The van der Waals surface area contributed by atoms with E-state index in [1.54, 1.807) is 0 Å². The van der Waals surface area contributed by atoms with E-state index in [0.717, 1.165) is 25.4 Å². The minimum Gasteiger partial charge on any atom is -0.479 e. The highest BCUT2D eigenvalue weighted by atomic mass is 16.5. The van der Waals surface area contributed by atoms with Crippen LogP contribution in [0.1, 0.15) is 52.4 Å². The molecule has 0 spiro atoms. The predicted molar refractivity (Wildman–Crippen MR) is 71.7 cm³/mol. The molecule has 0 aromatic carbocycles. The number of carboxylic acids is 1. The second kappa shape index (κ2) is 8.48. The van der Waals surface area contributed by atoms with Crippen LogP contribution in [0, 0.1) is 5.92 Å². The maximum atomic E-state index is 10.7. The van der Waals surface area contributed by atoms with E-state index in [2.05, 4.69) is 19.2 Å². The minimum atomic E-state index is -0.827. The molecular formula is C14H27NO3. The topological polar surface area (TPSA) is 58.6 Å². The van der Waals surface area contributed by atoms with Crippen molar-refractivity contribution in [3.63, 3.8) is 0 Å². The molecular weight excluding hydrogens is 230 g/mol. The van der Waals surface area contributed by atoms with Gasteiger partial charge in [0.1, 0.15) is 0 Å². The molecule has 4 heteroatoms. The second-order valence-corrected chi connectivity index (χ2v) is 5.24. The van der Waals surface area contributed by atoms with Crippen molar-refractivity contribution in [2.24, 2.45) is 5.92 Å². The van der Waals surface area contributed by atoms with E-state index in [-0.39, 0.29) is 6.10 Å². The van der Waals surface area contributed by atoms with Crippen molar-refractivity contribution < 1.29 is 14.6 Å². The number of aliphatic carboxylic acids is 1. The molecule has 1 heterocycles. The van der Waals surface area contributed by atoms with Crippen LogP contribution >= 0.6 is 0 Å². The van der Waals surface area contributed by atoms with E-state index in [1.807, 2.05) is 0 Å². The molecule has 0 aromatic rings. The van der Waals surface area contributed by atoms with Gasteiger partial charge in [-0.1, -0.05) is 33.1 Å². The average molecular weight is 257 g/mol. The molecule has 106 valence electrons. The molecule has 0 bridgehead atoms. The van der Waals surface area contributed by atoms with Crippen molar-refractivity contribution in [3.05, 3.63) is 0 Å². The van der Waals surface area contributed by atoms with Crippen molar-refractivity contribution in [2.75, 3.05) is 13.1 Å². The number of rotatable bonds is 9. The lowest BCUT2D eigenvalue weighted by Crippen LogP contribution is -2.32. The Morgan fingerprint density at radius 3 is 2.78 bits per heavy atom. The fourth-order valence-corrected chi connectivity index (χ4v) is 2.43. The Balaban J connectivity index is 2.12. The fourth-order valence-electron chi connectivity index (χ4n) is 2.43. The quantitative estimate of drug-likeness (QED) is 0.666. The van der Waals surface area contributed by atoms with Gasteiger partial charge >= 0.3 is 5.97 Å². The normalized spacial score (nSPS) is 25.2. The van der Waals surface area contributed by atoms with E-state index >= 15 is 0 Å². The third-order valence-electron chi connectivity index (χ3n) is 3.73. The summed E-state index contributed by atoms with van der Waals surface area (Å²) in [5.74, 6) is -0.0893. The highest BCUT2D eigenvalue weighted by molar-refractivity contribution is 5.72. The Hall–Kier alpha value is -0.610. The Morgan fingerprint density at radius 2 is 2.22 bits per heavy atom. The van der Waals surface area contributed by atoms with Gasteiger partial charge in [0.25, 0.3) is 0 Å². The monoisotopic (exact) mass is 257 g/mol. The first-order valence-electron chi connectivity index (χ1n) is 7.26. The van der Waals surface area contributed by atoms with Gasteiger partial charge in [0, 0.05) is 6.54 Å². The summed E-state index contributed by atoms with van der Waals surface area (Å²) in [4.78, 5) is 10.7. The van der Waals surface area contributed by atoms with Crippen LogP contribution < -0.4 is 5.32 Å². The van der Waals surface area contributed by atoms with Crippen molar-refractivity contribution in [1.82, 2.24) is 5.32 Å². The highest BCUT2D eigenvalue weighted by Gasteiger charge is 2.29. The lowest BCUT2D eigenvalue weighted by Gasteiger charge is -2.17. The summed E-state index contributed by atoms with van der Waals surface area (Å²) in [5, 5.41) is 12.3. The summed E-state index contributed by atoms with van der Waals surface area (Å²) in [6.45, 7) is 6.26. The molecule has 3 unspecified atom stereocenters. The van der Waals surface area contributed by atoms with E-state index in [4.69, 9.17) is 9.84 Å². The maximum absolute atomic E-state index is 10.7. The van der Waals surface area contributed by atoms with E-state index in [1.165, 1.54) is 25.7 Å². The summed E-state index contributed by atoms with van der Waals surface area (Å²) in [6, 6.07) is 0. The van der Waals surface area contributed by atoms with Crippen molar-refractivity contribution >= 4 is 5.97 Å². The Morgan fingerprint density at radius 1 is 1.44 bits per heavy atom. The van der Waals surface area contributed by atoms with Crippen LogP contribution in [-0.2, 0) is 9.53 Å². The van der Waals surface area contributed by atoms with E-state index < -0.39 is 12.1 Å². The number of unbranched alkanes of at least 4 members (excludes halogenated alkanes) is 1. The third kappa shape index (κ3) is 5.36. The van der Waals surface area contributed by atoms with Gasteiger partial charge in [-0.05, 0) is 31.7 Å². The van der Waals surface area contributed by atoms with Crippen LogP contribution in [-0.4, -0.2) is 36.4 Å². The van der Waals surface area contributed by atoms with Crippen LogP contribution in [0.3, 0.4) is 0 Å². The minimum absolute atomic E-state index is 0.0785. The molecule has 0 amide bonds. The molecule has 0 saturated carbocycles. The number of ether oxygens (including phenoxy) is 1. The summed E-state index contributed by atoms with van der Waals surface area (Å²) < 4.78 is 5.46. The van der Waals surface area contributed by atoms with Crippen molar-refractivity contribution in [2.45, 2.75) is 64.6 Å². The zero-order chi connectivity index (χ0) is 13.4. The molecule has 1 aliphatic rings. The fraction of sp³-hybridized carbons (Fsp3) is 0.929.